The second-order valence-electron chi connectivity index (χ2n) is 5.06. The number of aliphatic imine (C=N–C) groups is 1. The first-order valence-corrected chi connectivity index (χ1v) is 6.57. The normalized spacial score (nSPS) is 19.9. The molecule has 1 aromatic carbocycles. The zero-order valence-electron chi connectivity index (χ0n) is 12.1. The van der Waals surface area contributed by atoms with E-state index in [1.54, 1.807) is 7.05 Å². The number of carbonyl (C=O) groups excluding carboxylic acids is 1. The average Bonchev–Trinajstić information content (AvgIpc) is 2.41. The van der Waals surface area contributed by atoms with Gasteiger partial charge in [-0.05, 0) is 37.1 Å². The van der Waals surface area contributed by atoms with Crippen LogP contribution in [0.4, 0.5) is 5.69 Å². The molecule has 3 N–H and O–H groups in total. The summed E-state index contributed by atoms with van der Waals surface area (Å²) < 4.78 is 0. The van der Waals surface area contributed by atoms with Crippen molar-refractivity contribution in [2.24, 2.45) is 10.7 Å². The number of benzene rings is 1. The van der Waals surface area contributed by atoms with Gasteiger partial charge in [0.15, 0.2) is 5.96 Å². The van der Waals surface area contributed by atoms with E-state index in [4.69, 9.17) is 5.73 Å². The van der Waals surface area contributed by atoms with Gasteiger partial charge < -0.3 is 11.1 Å². The molecule has 1 atom stereocenters. The third-order valence-corrected chi connectivity index (χ3v) is 3.38. The van der Waals surface area contributed by atoms with Crippen LogP contribution in [0.25, 0.3) is 0 Å². The van der Waals surface area contributed by atoms with Crippen molar-refractivity contribution in [1.82, 2.24) is 4.90 Å². The van der Waals surface area contributed by atoms with Gasteiger partial charge in [0.2, 0.25) is 5.91 Å². The molecule has 1 unspecified atom stereocenters. The second kappa shape index (κ2) is 5.77. The van der Waals surface area contributed by atoms with E-state index in [1.165, 1.54) is 10.5 Å². The van der Waals surface area contributed by atoms with Gasteiger partial charge in [-0.3, -0.25) is 9.69 Å². The predicted octanol–water partition coefficient (Wildman–Crippen LogP) is 1.86. The fourth-order valence-corrected chi connectivity index (χ4v) is 2.01. The molecule has 0 fully saturated rings. The lowest BCUT2D eigenvalue weighted by molar-refractivity contribution is -0.127. The Labute approximate surface area is 119 Å². The Balaban J connectivity index is 2.09. The van der Waals surface area contributed by atoms with E-state index < -0.39 is 0 Å². The largest absolute Gasteiger partial charge is 0.369 e. The first-order valence-electron chi connectivity index (χ1n) is 6.57. The fraction of sp³-hybridized carbons (Fsp3) is 0.333. The maximum atomic E-state index is 11.8. The van der Waals surface area contributed by atoms with E-state index in [9.17, 15) is 4.79 Å². The number of anilines is 1. The van der Waals surface area contributed by atoms with Crippen LogP contribution >= 0.6 is 0 Å². The van der Waals surface area contributed by atoms with Crippen LogP contribution in [0.3, 0.4) is 0 Å². The molecule has 20 heavy (non-hydrogen) atoms. The number of hydrogen-bond donors (Lipinski definition) is 2. The van der Waals surface area contributed by atoms with Gasteiger partial charge in [0.25, 0.3) is 0 Å². The summed E-state index contributed by atoms with van der Waals surface area (Å²) in [4.78, 5) is 17.5. The number of carbonyl (C=O) groups is 1. The van der Waals surface area contributed by atoms with Crippen molar-refractivity contribution in [2.75, 3.05) is 12.4 Å². The van der Waals surface area contributed by atoms with E-state index in [0.717, 1.165) is 11.3 Å². The molecule has 5 nitrogen and oxygen atoms in total. The lowest BCUT2D eigenvalue weighted by atomic mass is 10.1. The van der Waals surface area contributed by atoms with Gasteiger partial charge in [-0.2, -0.15) is 0 Å². The number of hydrogen-bond acceptors (Lipinski definition) is 4. The molecule has 1 aliphatic heterocycles. The molecule has 106 valence electrons. The number of aryl methyl sites for hydroxylation is 1. The monoisotopic (exact) mass is 272 g/mol. The van der Waals surface area contributed by atoms with E-state index in [0.29, 0.717) is 6.42 Å². The van der Waals surface area contributed by atoms with Gasteiger partial charge in [-0.25, -0.2) is 4.99 Å². The maximum Gasteiger partial charge on any atom is 0.231 e. The Kier molecular flexibility index (Phi) is 4.08. The van der Waals surface area contributed by atoms with Crippen molar-refractivity contribution in [1.29, 1.82) is 0 Å². The highest BCUT2D eigenvalue weighted by molar-refractivity contribution is 5.98. The Morgan fingerprint density at radius 1 is 1.55 bits per heavy atom. The van der Waals surface area contributed by atoms with Crippen LogP contribution in [0.2, 0.25) is 0 Å². The minimum absolute atomic E-state index is 0.00851. The molecular formula is C15H20N4O. The van der Waals surface area contributed by atoms with Crippen LogP contribution in [0, 0.1) is 6.92 Å². The molecule has 1 aromatic rings. The minimum atomic E-state index is -0.184. The summed E-state index contributed by atoms with van der Waals surface area (Å²) in [5.74, 6) is 0.264. The number of nitrogens with two attached hydrogens (primary N) is 1. The number of guanidine groups is 1. The summed E-state index contributed by atoms with van der Waals surface area (Å²) in [6.45, 7) is 3.99. The molecular weight excluding hydrogens is 252 g/mol. The van der Waals surface area contributed by atoms with Crippen LogP contribution < -0.4 is 11.1 Å². The van der Waals surface area contributed by atoms with Crippen molar-refractivity contribution in [3.63, 3.8) is 0 Å². The van der Waals surface area contributed by atoms with Crippen LogP contribution in [-0.2, 0) is 4.79 Å². The van der Waals surface area contributed by atoms with Crippen molar-refractivity contribution in [2.45, 2.75) is 26.3 Å². The molecule has 1 heterocycles. The molecule has 0 aromatic heterocycles. The fourth-order valence-electron chi connectivity index (χ4n) is 2.01. The summed E-state index contributed by atoms with van der Waals surface area (Å²) in [7, 11) is 1.64. The molecule has 1 aliphatic rings. The van der Waals surface area contributed by atoms with Crippen LogP contribution in [0.5, 0.6) is 0 Å². The minimum Gasteiger partial charge on any atom is -0.369 e. The summed E-state index contributed by atoms with van der Waals surface area (Å²) >= 11 is 0. The van der Waals surface area contributed by atoms with Crippen LogP contribution in [0.15, 0.2) is 41.0 Å². The maximum absolute atomic E-state index is 11.8. The average molecular weight is 272 g/mol. The Morgan fingerprint density at radius 2 is 2.30 bits per heavy atom. The van der Waals surface area contributed by atoms with Gasteiger partial charge in [0.05, 0.1) is 12.5 Å². The van der Waals surface area contributed by atoms with E-state index in [1.807, 2.05) is 38.2 Å². The topological polar surface area (TPSA) is 70.7 Å². The summed E-state index contributed by atoms with van der Waals surface area (Å²) in [6.07, 6.45) is 2.24. The van der Waals surface area contributed by atoms with Gasteiger partial charge >= 0.3 is 0 Å². The number of nitrogens with one attached hydrogen (secondary N) is 1. The molecule has 2 rings (SSSR count). The Morgan fingerprint density at radius 3 is 2.95 bits per heavy atom. The van der Waals surface area contributed by atoms with E-state index in [2.05, 4.69) is 16.4 Å². The van der Waals surface area contributed by atoms with E-state index in [-0.39, 0.29) is 17.9 Å². The van der Waals surface area contributed by atoms with Gasteiger partial charge in [-0.15, -0.1) is 0 Å². The van der Waals surface area contributed by atoms with Crippen molar-refractivity contribution in [3.8, 4) is 0 Å². The lowest BCUT2D eigenvalue weighted by Crippen LogP contribution is -2.44. The van der Waals surface area contributed by atoms with Crippen LogP contribution in [-0.4, -0.2) is 29.9 Å². The highest BCUT2D eigenvalue weighted by atomic mass is 16.2. The SMILES string of the molecule is C/C(=C\Nc1cccc(C)c1)C1CC(=O)N(C)C(N)=N1. The highest BCUT2D eigenvalue weighted by Crippen LogP contribution is 2.17. The molecule has 0 saturated heterocycles. The molecule has 0 spiro atoms. The zero-order chi connectivity index (χ0) is 14.7. The Bertz CT molecular complexity index is 577. The Hall–Kier alpha value is -2.30. The highest BCUT2D eigenvalue weighted by Gasteiger charge is 2.25. The smallest absolute Gasteiger partial charge is 0.231 e. The number of amides is 1. The number of rotatable bonds is 3. The lowest BCUT2D eigenvalue weighted by Gasteiger charge is -2.26. The third kappa shape index (κ3) is 3.17. The van der Waals surface area contributed by atoms with Crippen molar-refractivity contribution >= 4 is 17.6 Å². The third-order valence-electron chi connectivity index (χ3n) is 3.38. The van der Waals surface area contributed by atoms with Gasteiger partial charge in [-0.1, -0.05) is 12.1 Å². The second-order valence-corrected chi connectivity index (χ2v) is 5.06. The van der Waals surface area contributed by atoms with Crippen molar-refractivity contribution in [3.05, 3.63) is 41.6 Å². The quantitative estimate of drug-likeness (QED) is 0.882. The van der Waals surface area contributed by atoms with E-state index >= 15 is 0 Å². The molecule has 1 amide bonds. The molecule has 5 heteroatoms. The first kappa shape index (κ1) is 14.1. The number of nitrogens with zero attached hydrogens (tertiary/aromatic N) is 2. The summed E-state index contributed by atoms with van der Waals surface area (Å²) in [6, 6.07) is 7.91. The molecule has 0 saturated carbocycles. The predicted molar refractivity (Wildman–Crippen MR) is 81.4 cm³/mol. The summed E-state index contributed by atoms with van der Waals surface area (Å²) in [5.41, 5.74) is 8.92. The molecule has 0 radical (unpaired) electrons. The van der Waals surface area contributed by atoms with Gasteiger partial charge in [0.1, 0.15) is 0 Å². The standard InChI is InChI=1S/C15H20N4O/c1-10-5-4-6-12(7-10)17-9-11(2)13-8-14(20)19(3)15(16)18-13/h4-7,9,13,17H,8H2,1-3H3,(H2,16,18)/b11-9+. The van der Waals surface area contributed by atoms with Crippen molar-refractivity contribution < 1.29 is 4.79 Å². The van der Waals surface area contributed by atoms with Gasteiger partial charge in [0, 0.05) is 18.9 Å². The molecule has 0 bridgehead atoms. The van der Waals surface area contributed by atoms with Crippen LogP contribution in [0.1, 0.15) is 18.9 Å². The molecule has 0 aliphatic carbocycles. The first-order chi connectivity index (χ1) is 9.47. The summed E-state index contributed by atoms with van der Waals surface area (Å²) in [5, 5.41) is 3.23. The zero-order valence-corrected chi connectivity index (χ0v) is 12.1.